The molecular weight excluding hydrogens is 256 g/mol. The summed E-state index contributed by atoms with van der Waals surface area (Å²) < 4.78 is 4.92. The molecule has 0 aromatic carbocycles. The number of alkyl carbamates (subject to hydrolysis) is 1. The molecule has 0 saturated carbocycles. The summed E-state index contributed by atoms with van der Waals surface area (Å²) in [5.41, 5.74) is 1.04. The fourth-order valence-electron chi connectivity index (χ4n) is 1.26. The lowest BCUT2D eigenvalue weighted by molar-refractivity contribution is -0.142. The number of carbonyl (C=O) groups excluding carboxylic acids is 1. The third-order valence-electron chi connectivity index (χ3n) is 2.20. The van der Waals surface area contributed by atoms with Gasteiger partial charge in [-0.2, -0.15) is 0 Å². The summed E-state index contributed by atoms with van der Waals surface area (Å²) in [5.74, 6) is -1.09. The lowest BCUT2D eigenvalue weighted by Gasteiger charge is -2.27. The van der Waals surface area contributed by atoms with E-state index in [2.05, 4.69) is 10.3 Å². The van der Waals surface area contributed by atoms with Crippen LogP contribution in [-0.4, -0.2) is 28.2 Å². The first kappa shape index (κ1) is 14.4. The molecule has 0 saturated heterocycles. The molecule has 2 N–H and O–H groups in total. The Morgan fingerprint density at radius 2 is 2.22 bits per heavy atom. The van der Waals surface area contributed by atoms with Gasteiger partial charge in [0.2, 0.25) is 0 Å². The minimum atomic E-state index is -1.09. The van der Waals surface area contributed by atoms with Crippen molar-refractivity contribution in [2.45, 2.75) is 33.4 Å². The summed E-state index contributed by atoms with van der Waals surface area (Å²) in [5, 5.41) is 11.4. The third kappa shape index (κ3) is 4.33. The van der Waals surface area contributed by atoms with Gasteiger partial charge < -0.3 is 15.2 Å². The van der Waals surface area contributed by atoms with Crippen LogP contribution in [-0.2, 0) is 16.1 Å². The molecule has 0 aliphatic carbocycles. The Morgan fingerprint density at radius 1 is 1.56 bits per heavy atom. The number of thiazole rings is 1. The van der Waals surface area contributed by atoms with Crippen LogP contribution in [0.25, 0.3) is 0 Å². The second-order valence-corrected chi connectivity index (χ2v) is 5.80. The minimum Gasteiger partial charge on any atom is -0.480 e. The number of ether oxygens (including phenoxy) is 1. The summed E-state index contributed by atoms with van der Waals surface area (Å²) in [7, 11) is 0. The third-order valence-corrected chi connectivity index (χ3v) is 2.96. The second kappa shape index (κ2) is 5.81. The predicted molar refractivity (Wildman–Crippen MR) is 66.3 cm³/mol. The lowest BCUT2D eigenvalue weighted by Crippen LogP contribution is -2.49. The van der Waals surface area contributed by atoms with Gasteiger partial charge in [0.1, 0.15) is 12.6 Å². The SMILES string of the molecule is CC(C)(C)[C@H](NC(=O)OCc1cncs1)C(=O)O. The van der Waals surface area contributed by atoms with E-state index in [1.165, 1.54) is 11.3 Å². The Morgan fingerprint density at radius 3 is 2.67 bits per heavy atom. The van der Waals surface area contributed by atoms with Crippen molar-refractivity contribution >= 4 is 23.4 Å². The van der Waals surface area contributed by atoms with Gasteiger partial charge in [0.25, 0.3) is 0 Å². The second-order valence-electron chi connectivity index (χ2n) is 4.83. The Balaban J connectivity index is 2.49. The molecule has 1 aromatic rings. The van der Waals surface area contributed by atoms with E-state index in [0.29, 0.717) is 0 Å². The molecule has 100 valence electrons. The molecule has 0 bridgehead atoms. The highest BCUT2D eigenvalue weighted by molar-refractivity contribution is 7.09. The van der Waals surface area contributed by atoms with E-state index in [4.69, 9.17) is 9.84 Å². The number of rotatable bonds is 4. The zero-order valence-corrected chi connectivity index (χ0v) is 11.3. The van der Waals surface area contributed by atoms with Gasteiger partial charge in [0, 0.05) is 6.20 Å². The standard InChI is InChI=1S/C11H16N2O4S/c1-11(2,3)8(9(14)15)13-10(16)17-5-7-4-12-6-18-7/h4,6,8H,5H2,1-3H3,(H,13,16)(H,14,15)/t8-/m1/s1. The molecule has 0 unspecified atom stereocenters. The first-order valence-electron chi connectivity index (χ1n) is 5.34. The Bertz CT molecular complexity index is 411. The van der Waals surface area contributed by atoms with Gasteiger partial charge in [0.15, 0.2) is 0 Å². The van der Waals surface area contributed by atoms with Crippen molar-refractivity contribution in [3.05, 3.63) is 16.6 Å². The number of nitrogens with one attached hydrogen (secondary N) is 1. The van der Waals surface area contributed by atoms with Crippen LogP contribution in [0.1, 0.15) is 25.6 Å². The topological polar surface area (TPSA) is 88.5 Å². The van der Waals surface area contributed by atoms with Crippen molar-refractivity contribution in [1.82, 2.24) is 10.3 Å². The van der Waals surface area contributed by atoms with Crippen molar-refractivity contribution in [3.8, 4) is 0 Å². The largest absolute Gasteiger partial charge is 0.480 e. The van der Waals surface area contributed by atoms with Crippen LogP contribution in [0, 0.1) is 5.41 Å². The fourth-order valence-corrected chi connectivity index (χ4v) is 1.76. The van der Waals surface area contributed by atoms with E-state index in [0.717, 1.165) is 4.88 Å². The molecule has 0 radical (unpaired) electrons. The molecule has 6 nitrogen and oxygen atoms in total. The normalized spacial score (nSPS) is 12.8. The Kier molecular flexibility index (Phi) is 4.66. The number of amides is 1. The molecule has 1 heterocycles. The number of carboxylic acid groups (broad SMARTS) is 1. The van der Waals surface area contributed by atoms with Crippen molar-refractivity contribution in [2.75, 3.05) is 0 Å². The maximum absolute atomic E-state index is 11.5. The summed E-state index contributed by atoms with van der Waals surface area (Å²) in [6, 6.07) is -0.994. The number of carboxylic acids is 1. The van der Waals surface area contributed by atoms with E-state index < -0.39 is 23.5 Å². The quantitative estimate of drug-likeness (QED) is 0.873. The number of nitrogens with zero attached hydrogens (tertiary/aromatic N) is 1. The number of carbonyl (C=O) groups is 2. The van der Waals surface area contributed by atoms with Crippen LogP contribution in [0.4, 0.5) is 4.79 Å². The molecule has 0 aliphatic heterocycles. The van der Waals surface area contributed by atoms with Crippen molar-refractivity contribution in [2.24, 2.45) is 5.41 Å². The highest BCUT2D eigenvalue weighted by Crippen LogP contribution is 2.19. The summed E-state index contributed by atoms with van der Waals surface area (Å²) in [6.07, 6.45) is 0.849. The first-order chi connectivity index (χ1) is 8.30. The van der Waals surface area contributed by atoms with E-state index in [1.807, 2.05) is 0 Å². The molecule has 18 heavy (non-hydrogen) atoms. The highest BCUT2D eigenvalue weighted by atomic mass is 32.1. The van der Waals surface area contributed by atoms with Crippen molar-refractivity contribution < 1.29 is 19.4 Å². The van der Waals surface area contributed by atoms with Gasteiger partial charge in [-0.05, 0) is 5.41 Å². The minimum absolute atomic E-state index is 0.0903. The molecule has 0 fully saturated rings. The Labute approximate surface area is 109 Å². The number of hydrogen-bond acceptors (Lipinski definition) is 5. The first-order valence-corrected chi connectivity index (χ1v) is 6.22. The maximum Gasteiger partial charge on any atom is 0.408 e. The predicted octanol–water partition coefficient (Wildman–Crippen LogP) is 1.87. The van der Waals surface area contributed by atoms with Crippen molar-refractivity contribution in [3.63, 3.8) is 0 Å². The molecule has 1 atom stereocenters. The van der Waals surface area contributed by atoms with Crippen LogP contribution in [0.5, 0.6) is 0 Å². The van der Waals surface area contributed by atoms with Gasteiger partial charge >= 0.3 is 12.1 Å². The number of aliphatic carboxylic acids is 1. The molecule has 0 spiro atoms. The lowest BCUT2D eigenvalue weighted by atomic mass is 9.87. The monoisotopic (exact) mass is 272 g/mol. The van der Waals surface area contributed by atoms with E-state index in [-0.39, 0.29) is 6.61 Å². The zero-order chi connectivity index (χ0) is 13.8. The van der Waals surface area contributed by atoms with Gasteiger partial charge in [-0.25, -0.2) is 9.59 Å². The maximum atomic E-state index is 11.5. The van der Waals surface area contributed by atoms with Crippen LogP contribution in [0.15, 0.2) is 11.7 Å². The zero-order valence-electron chi connectivity index (χ0n) is 10.5. The van der Waals surface area contributed by atoms with Crippen LogP contribution in [0.3, 0.4) is 0 Å². The average molecular weight is 272 g/mol. The molecule has 1 amide bonds. The number of aromatic nitrogens is 1. The molecule has 7 heteroatoms. The summed E-state index contributed by atoms with van der Waals surface area (Å²) in [6.45, 7) is 5.28. The molecule has 0 aliphatic rings. The average Bonchev–Trinajstić information content (AvgIpc) is 2.73. The molecular formula is C11H16N2O4S. The smallest absolute Gasteiger partial charge is 0.408 e. The number of hydrogen-bond donors (Lipinski definition) is 2. The summed E-state index contributed by atoms with van der Waals surface area (Å²) >= 11 is 1.36. The van der Waals surface area contributed by atoms with E-state index in [9.17, 15) is 9.59 Å². The molecule has 1 rings (SSSR count). The fraction of sp³-hybridized carbons (Fsp3) is 0.545. The van der Waals surface area contributed by atoms with Gasteiger partial charge in [-0.15, -0.1) is 11.3 Å². The van der Waals surface area contributed by atoms with Crippen LogP contribution in [0.2, 0.25) is 0 Å². The van der Waals surface area contributed by atoms with Gasteiger partial charge in [-0.1, -0.05) is 20.8 Å². The highest BCUT2D eigenvalue weighted by Gasteiger charge is 2.33. The summed E-state index contributed by atoms with van der Waals surface area (Å²) in [4.78, 5) is 27.2. The molecule has 1 aromatic heterocycles. The van der Waals surface area contributed by atoms with Gasteiger partial charge in [-0.3, -0.25) is 4.98 Å². The Hall–Kier alpha value is -1.63. The van der Waals surface area contributed by atoms with E-state index in [1.54, 1.807) is 32.5 Å². The van der Waals surface area contributed by atoms with Crippen molar-refractivity contribution in [1.29, 1.82) is 0 Å². The van der Waals surface area contributed by atoms with E-state index >= 15 is 0 Å². The van der Waals surface area contributed by atoms with Gasteiger partial charge in [0.05, 0.1) is 10.4 Å². The van der Waals surface area contributed by atoms with Crippen LogP contribution < -0.4 is 5.32 Å². The van der Waals surface area contributed by atoms with Crippen LogP contribution >= 0.6 is 11.3 Å².